The van der Waals surface area contributed by atoms with Gasteiger partial charge in [0.05, 0.1) is 34.4 Å². The number of unbranched alkanes of at least 4 members (excludes halogenated alkanes) is 15. The number of hydrogen-bond acceptors (Lipinski definition) is 7. The zero-order valence-electron chi connectivity index (χ0n) is 46.3. The van der Waals surface area contributed by atoms with E-state index < -0.39 is 24.3 Å². The molecule has 0 fully saturated rings. The predicted molar refractivity (Wildman–Crippen MR) is 304 cm³/mol. The van der Waals surface area contributed by atoms with Crippen LogP contribution in [0.2, 0.25) is 0 Å². The number of likely N-dealkylation sites (N-methyl/N-ethyl adjacent to an activating group) is 1. The van der Waals surface area contributed by atoms with Gasteiger partial charge in [-0.05, 0) is 89.9 Å². The minimum Gasteiger partial charge on any atom is -0.477 e. The van der Waals surface area contributed by atoms with Crippen LogP contribution in [-0.4, -0.2) is 87.4 Å². The van der Waals surface area contributed by atoms with Crippen LogP contribution in [-0.2, 0) is 33.3 Å². The van der Waals surface area contributed by atoms with Gasteiger partial charge in [-0.25, -0.2) is 4.79 Å². The van der Waals surface area contributed by atoms with Crippen LogP contribution < -0.4 is 0 Å². The SMILES string of the molecule is CC/C=C\C/C=C\C/C=C\C/C=C\C/C=C\C/C=C\C/C=C\C/C=C\C/C=C\C/C=C\CCCCCCCCCCC(=O)OC(COC(=O)CCCCCCCCCC)COC(OCC[N+](C)(C)C)C(=O)O. The van der Waals surface area contributed by atoms with Gasteiger partial charge in [-0.1, -0.05) is 219 Å². The highest BCUT2D eigenvalue weighted by atomic mass is 16.7. The molecule has 0 bridgehead atoms. The lowest BCUT2D eigenvalue weighted by molar-refractivity contribution is -0.870. The van der Waals surface area contributed by atoms with Gasteiger partial charge in [0.15, 0.2) is 6.10 Å². The molecule has 0 aromatic rings. The Labute approximate surface area is 440 Å². The first kappa shape index (κ1) is 67.7. The fourth-order valence-corrected chi connectivity index (χ4v) is 7.16. The molecule has 0 saturated heterocycles. The van der Waals surface area contributed by atoms with E-state index in [0.717, 1.165) is 109 Å². The van der Waals surface area contributed by atoms with E-state index in [1.54, 1.807) is 0 Å². The van der Waals surface area contributed by atoms with Gasteiger partial charge in [0, 0.05) is 12.8 Å². The molecule has 0 aromatic heterocycles. The second kappa shape index (κ2) is 53.0. The van der Waals surface area contributed by atoms with Crippen LogP contribution in [0.25, 0.3) is 0 Å². The molecule has 0 amide bonds. The van der Waals surface area contributed by atoms with Crippen molar-refractivity contribution in [2.75, 3.05) is 47.5 Å². The Bertz CT molecular complexity index is 1590. The summed E-state index contributed by atoms with van der Waals surface area (Å²) in [5, 5.41) is 9.65. The Hall–Kier alpha value is -4.31. The number of carboxylic acid groups (broad SMARTS) is 1. The van der Waals surface area contributed by atoms with E-state index in [1.807, 2.05) is 21.1 Å². The fraction of sp³-hybridized carbons (Fsp3) is 0.635. The second-order valence-electron chi connectivity index (χ2n) is 19.5. The molecule has 1 N–H and O–H groups in total. The van der Waals surface area contributed by atoms with Gasteiger partial charge in [0.2, 0.25) is 0 Å². The van der Waals surface area contributed by atoms with Crippen molar-refractivity contribution >= 4 is 17.9 Å². The van der Waals surface area contributed by atoms with Gasteiger partial charge >= 0.3 is 17.9 Å². The average Bonchev–Trinajstić information content (AvgIpc) is 3.35. The normalized spacial score (nSPS) is 13.7. The minimum absolute atomic E-state index is 0.181. The highest BCUT2D eigenvalue weighted by molar-refractivity contribution is 5.71. The Morgan fingerprint density at radius 3 is 1.18 bits per heavy atom. The van der Waals surface area contributed by atoms with E-state index in [4.69, 9.17) is 18.9 Å². The molecule has 0 heterocycles. The lowest BCUT2D eigenvalue weighted by atomic mass is 10.1. The lowest BCUT2D eigenvalue weighted by Crippen LogP contribution is -2.40. The number of carboxylic acids is 1. The van der Waals surface area contributed by atoms with Crippen LogP contribution in [0.5, 0.6) is 0 Å². The molecule has 9 nitrogen and oxygen atoms in total. The lowest BCUT2D eigenvalue weighted by Gasteiger charge is -2.25. The highest BCUT2D eigenvalue weighted by Crippen LogP contribution is 2.14. The number of carbonyl (C=O) groups excluding carboxylic acids is 2. The molecule has 72 heavy (non-hydrogen) atoms. The van der Waals surface area contributed by atoms with E-state index in [2.05, 4.69) is 135 Å². The number of rotatable bonds is 50. The maximum absolute atomic E-state index is 12.8. The molecule has 408 valence electrons. The molecular weight excluding hydrogens is 899 g/mol. The third-order valence-electron chi connectivity index (χ3n) is 11.5. The van der Waals surface area contributed by atoms with Crippen molar-refractivity contribution in [1.29, 1.82) is 0 Å². The maximum Gasteiger partial charge on any atom is 0.361 e. The standard InChI is InChI=1S/C63H103NO8/c1-6-8-10-12-14-16-17-18-19-20-21-22-23-24-25-26-27-28-29-30-31-32-33-34-35-36-37-38-39-40-41-42-43-44-45-46-48-50-52-54-61(66)72-59(58-71-63(62(67)68)69-56-55-64(3,4)5)57-70-60(65)53-51-49-47-15-13-11-9-7-2/h8,10,14,16,18-19,21-22,24-25,27-28,30-31,33-34,36-37,39-40,59,63H,6-7,9,11-13,15,17,20,23,26,29,32,35,38,41-58H2,1-5H3/p+1/b10-8-,16-14-,19-18-,22-21-,25-24-,28-27-,31-30-,34-33-,37-36-,40-39-. The minimum atomic E-state index is -1.52. The molecule has 0 aliphatic carbocycles. The zero-order chi connectivity index (χ0) is 52.7. The van der Waals surface area contributed by atoms with E-state index in [1.165, 1.54) is 57.8 Å². The van der Waals surface area contributed by atoms with E-state index >= 15 is 0 Å². The summed E-state index contributed by atoms with van der Waals surface area (Å²) in [6.07, 6.45) is 71.6. The Morgan fingerprint density at radius 2 is 0.792 bits per heavy atom. The number of quaternary nitrogens is 1. The fourth-order valence-electron chi connectivity index (χ4n) is 7.16. The monoisotopic (exact) mass is 1000 g/mol. The molecule has 0 saturated carbocycles. The van der Waals surface area contributed by atoms with Gasteiger partial charge in [0.25, 0.3) is 6.29 Å². The second-order valence-corrected chi connectivity index (χ2v) is 19.5. The Balaban J connectivity index is 4.11. The number of hydrogen-bond donors (Lipinski definition) is 1. The first-order valence-corrected chi connectivity index (χ1v) is 28.2. The summed E-state index contributed by atoms with van der Waals surface area (Å²) in [6.45, 7) is 4.69. The van der Waals surface area contributed by atoms with Crippen LogP contribution in [0.15, 0.2) is 122 Å². The molecule has 0 rings (SSSR count). The topological polar surface area (TPSA) is 108 Å². The van der Waals surface area contributed by atoms with Crippen LogP contribution in [0.1, 0.15) is 200 Å². The molecule has 9 heteroatoms. The first-order valence-electron chi connectivity index (χ1n) is 28.2. The van der Waals surface area contributed by atoms with Gasteiger partial charge in [-0.2, -0.15) is 0 Å². The molecule has 2 atom stereocenters. The number of esters is 2. The van der Waals surface area contributed by atoms with Crippen molar-refractivity contribution in [2.24, 2.45) is 0 Å². The summed E-state index contributed by atoms with van der Waals surface area (Å²) >= 11 is 0. The average molecular weight is 1000 g/mol. The van der Waals surface area contributed by atoms with Crippen LogP contribution in [0.3, 0.4) is 0 Å². The van der Waals surface area contributed by atoms with Gasteiger partial charge in [-0.3, -0.25) is 9.59 Å². The van der Waals surface area contributed by atoms with Crippen molar-refractivity contribution in [3.05, 3.63) is 122 Å². The summed E-state index contributed by atoms with van der Waals surface area (Å²) in [7, 11) is 5.94. The number of aliphatic carboxylic acids is 1. The number of carbonyl (C=O) groups is 3. The molecular formula is C63H104NO8+. The van der Waals surface area contributed by atoms with E-state index in [9.17, 15) is 19.5 Å². The summed E-state index contributed by atoms with van der Waals surface area (Å²) in [4.78, 5) is 37.1. The predicted octanol–water partition coefficient (Wildman–Crippen LogP) is 16.5. The zero-order valence-corrected chi connectivity index (χ0v) is 46.3. The van der Waals surface area contributed by atoms with E-state index in [0.29, 0.717) is 23.9 Å². The third kappa shape index (κ3) is 53.5. The third-order valence-corrected chi connectivity index (χ3v) is 11.5. The van der Waals surface area contributed by atoms with Crippen LogP contribution in [0.4, 0.5) is 0 Å². The highest BCUT2D eigenvalue weighted by Gasteiger charge is 2.25. The summed E-state index contributed by atoms with van der Waals surface area (Å²) in [5.41, 5.74) is 0. The van der Waals surface area contributed by atoms with Crippen molar-refractivity contribution in [1.82, 2.24) is 0 Å². The first-order chi connectivity index (χ1) is 35.1. The van der Waals surface area contributed by atoms with Gasteiger partial charge < -0.3 is 28.5 Å². The molecule has 0 radical (unpaired) electrons. The molecule has 2 unspecified atom stereocenters. The van der Waals surface area contributed by atoms with E-state index in [-0.39, 0.29) is 32.2 Å². The summed E-state index contributed by atoms with van der Waals surface area (Å²) < 4.78 is 22.7. The van der Waals surface area contributed by atoms with Crippen molar-refractivity contribution < 1.29 is 42.9 Å². The largest absolute Gasteiger partial charge is 0.477 e. The number of ether oxygens (including phenoxy) is 4. The Morgan fingerprint density at radius 1 is 0.431 bits per heavy atom. The smallest absolute Gasteiger partial charge is 0.361 e. The van der Waals surface area contributed by atoms with Crippen molar-refractivity contribution in [3.8, 4) is 0 Å². The van der Waals surface area contributed by atoms with Crippen LogP contribution >= 0.6 is 0 Å². The molecule has 0 spiro atoms. The quantitative estimate of drug-likeness (QED) is 0.0211. The number of nitrogens with zero attached hydrogens (tertiary/aromatic N) is 1. The molecule has 0 aliphatic rings. The number of allylic oxidation sites excluding steroid dienone is 20. The van der Waals surface area contributed by atoms with Crippen molar-refractivity contribution in [2.45, 2.75) is 212 Å². The van der Waals surface area contributed by atoms with Crippen molar-refractivity contribution in [3.63, 3.8) is 0 Å². The van der Waals surface area contributed by atoms with Gasteiger partial charge in [-0.15, -0.1) is 0 Å². The maximum atomic E-state index is 12.8. The van der Waals surface area contributed by atoms with Gasteiger partial charge in [0.1, 0.15) is 13.2 Å². The molecule has 0 aromatic carbocycles. The summed E-state index contributed by atoms with van der Waals surface area (Å²) in [6, 6.07) is 0. The Kier molecular flexibility index (Phi) is 49.8. The van der Waals surface area contributed by atoms with Crippen LogP contribution in [0, 0.1) is 0 Å². The molecule has 0 aliphatic heterocycles. The summed E-state index contributed by atoms with van der Waals surface area (Å²) in [5.74, 6) is -2.03.